The van der Waals surface area contributed by atoms with Gasteiger partial charge in [-0.15, -0.1) is 0 Å². The molecule has 0 radical (unpaired) electrons. The molecule has 0 aliphatic carbocycles. The third-order valence-corrected chi connectivity index (χ3v) is 3.67. The average Bonchev–Trinajstić information content (AvgIpc) is 3.02. The number of nitrogens with zero attached hydrogens (tertiary/aromatic N) is 3. The molecule has 0 fully saturated rings. The molecule has 2 aromatic heterocycles. The number of hydrogen-bond donors (Lipinski definition) is 2. The minimum atomic E-state index is -0.0464. The number of aryl methyl sites for hydroxylation is 4. The van der Waals surface area contributed by atoms with Crippen molar-refractivity contribution in [1.82, 2.24) is 25.1 Å². The first-order valence-corrected chi connectivity index (χ1v) is 7.81. The van der Waals surface area contributed by atoms with Crippen LogP contribution in [0.4, 0.5) is 0 Å². The van der Waals surface area contributed by atoms with Crippen molar-refractivity contribution in [3.63, 3.8) is 0 Å². The lowest BCUT2D eigenvalue weighted by Crippen LogP contribution is -2.29. The van der Waals surface area contributed by atoms with Crippen LogP contribution in [-0.2, 0) is 11.3 Å². The number of carbonyl (C=O) groups is 1. The van der Waals surface area contributed by atoms with Crippen LogP contribution in [0.15, 0.2) is 12.3 Å². The number of nitrogens with one attached hydrogen (secondary N) is 2. The number of H-pyrrole nitrogens is 1. The molecule has 2 heterocycles. The van der Waals surface area contributed by atoms with Crippen molar-refractivity contribution in [3.8, 4) is 0 Å². The van der Waals surface area contributed by atoms with Crippen molar-refractivity contribution < 1.29 is 4.79 Å². The molecule has 0 saturated heterocycles. The van der Waals surface area contributed by atoms with E-state index in [2.05, 4.69) is 20.4 Å². The molecule has 0 aliphatic heterocycles. The van der Waals surface area contributed by atoms with E-state index in [0.717, 1.165) is 42.3 Å². The molecule has 0 aromatic carbocycles. The van der Waals surface area contributed by atoms with Gasteiger partial charge in [-0.2, -0.15) is 5.10 Å². The molecule has 2 aromatic rings. The van der Waals surface area contributed by atoms with Crippen LogP contribution in [0.1, 0.15) is 55.1 Å². The highest BCUT2D eigenvalue weighted by molar-refractivity contribution is 5.76. The van der Waals surface area contributed by atoms with Gasteiger partial charge in [0.15, 0.2) is 0 Å². The van der Waals surface area contributed by atoms with Crippen LogP contribution in [-0.4, -0.2) is 25.7 Å². The minimum absolute atomic E-state index is 0.0464. The van der Waals surface area contributed by atoms with Gasteiger partial charge in [-0.05, 0) is 39.7 Å². The molecule has 6 nitrogen and oxygen atoms in total. The number of carbonyl (C=O) groups excluding carboxylic acids is 1. The van der Waals surface area contributed by atoms with Crippen molar-refractivity contribution in [2.75, 3.05) is 0 Å². The fourth-order valence-corrected chi connectivity index (χ4v) is 2.53. The smallest absolute Gasteiger partial charge is 0.220 e. The van der Waals surface area contributed by atoms with Crippen molar-refractivity contribution in [2.24, 2.45) is 0 Å². The summed E-state index contributed by atoms with van der Waals surface area (Å²) in [6.45, 7) is 8.78. The normalized spacial score (nSPS) is 12.4. The van der Waals surface area contributed by atoms with E-state index in [4.69, 9.17) is 0 Å². The van der Waals surface area contributed by atoms with E-state index in [-0.39, 0.29) is 11.9 Å². The highest BCUT2D eigenvalue weighted by atomic mass is 16.1. The Bertz CT molecular complexity index is 628. The zero-order valence-electron chi connectivity index (χ0n) is 13.8. The zero-order valence-corrected chi connectivity index (χ0v) is 13.8. The van der Waals surface area contributed by atoms with Gasteiger partial charge in [-0.1, -0.05) is 6.92 Å². The van der Waals surface area contributed by atoms with Crippen LogP contribution in [0, 0.1) is 20.8 Å². The molecule has 0 spiro atoms. The van der Waals surface area contributed by atoms with Crippen molar-refractivity contribution in [2.45, 2.75) is 59.5 Å². The number of hydrogen-bond acceptors (Lipinski definition) is 3. The van der Waals surface area contributed by atoms with E-state index in [9.17, 15) is 4.79 Å². The Morgan fingerprint density at radius 1 is 1.41 bits per heavy atom. The minimum Gasteiger partial charge on any atom is -0.346 e. The van der Waals surface area contributed by atoms with Gasteiger partial charge in [0, 0.05) is 30.6 Å². The third-order valence-electron chi connectivity index (χ3n) is 3.67. The van der Waals surface area contributed by atoms with Gasteiger partial charge < -0.3 is 10.3 Å². The monoisotopic (exact) mass is 303 g/mol. The van der Waals surface area contributed by atoms with Crippen molar-refractivity contribution >= 4 is 5.91 Å². The predicted octanol–water partition coefficient (Wildman–Crippen LogP) is 2.58. The SMILES string of the molecule is CC[C@H](NC(=O)CCCn1nc(C)cc1C)c1ncc(C)[nH]1. The van der Waals surface area contributed by atoms with Crippen molar-refractivity contribution in [1.29, 1.82) is 0 Å². The Morgan fingerprint density at radius 3 is 2.73 bits per heavy atom. The molecule has 0 saturated carbocycles. The van der Waals surface area contributed by atoms with E-state index in [1.165, 1.54) is 0 Å². The lowest BCUT2D eigenvalue weighted by atomic mass is 10.2. The van der Waals surface area contributed by atoms with Gasteiger partial charge in [0.05, 0.1) is 11.7 Å². The van der Waals surface area contributed by atoms with Gasteiger partial charge in [0.25, 0.3) is 0 Å². The summed E-state index contributed by atoms with van der Waals surface area (Å²) in [5.74, 6) is 0.884. The maximum absolute atomic E-state index is 12.1. The van der Waals surface area contributed by atoms with Crippen LogP contribution in [0.2, 0.25) is 0 Å². The summed E-state index contributed by atoms with van der Waals surface area (Å²) in [7, 11) is 0. The molecular weight excluding hydrogens is 278 g/mol. The molecule has 1 amide bonds. The first-order chi connectivity index (χ1) is 10.5. The summed E-state index contributed by atoms with van der Waals surface area (Å²) in [6.07, 6.45) is 3.87. The first-order valence-electron chi connectivity index (χ1n) is 7.81. The summed E-state index contributed by atoms with van der Waals surface area (Å²) in [4.78, 5) is 19.6. The third kappa shape index (κ3) is 4.19. The summed E-state index contributed by atoms with van der Waals surface area (Å²) < 4.78 is 1.95. The maximum Gasteiger partial charge on any atom is 0.220 e. The van der Waals surface area contributed by atoms with E-state index < -0.39 is 0 Å². The Kier molecular flexibility index (Phi) is 5.35. The highest BCUT2D eigenvalue weighted by Crippen LogP contribution is 2.13. The lowest BCUT2D eigenvalue weighted by molar-refractivity contribution is -0.122. The van der Waals surface area contributed by atoms with Crippen LogP contribution >= 0.6 is 0 Å². The van der Waals surface area contributed by atoms with E-state index in [1.807, 2.05) is 38.4 Å². The second-order valence-corrected chi connectivity index (χ2v) is 5.73. The Hall–Kier alpha value is -2.11. The zero-order chi connectivity index (χ0) is 16.1. The van der Waals surface area contributed by atoms with Crippen LogP contribution in [0.3, 0.4) is 0 Å². The summed E-state index contributed by atoms with van der Waals surface area (Å²) in [5.41, 5.74) is 3.16. The van der Waals surface area contributed by atoms with Gasteiger partial charge in [0.1, 0.15) is 5.82 Å². The van der Waals surface area contributed by atoms with Gasteiger partial charge in [-0.25, -0.2) is 4.98 Å². The number of aromatic nitrogens is 4. The molecule has 1 atom stereocenters. The fourth-order valence-electron chi connectivity index (χ4n) is 2.53. The molecule has 2 N–H and O–H groups in total. The van der Waals surface area contributed by atoms with E-state index in [1.54, 1.807) is 6.20 Å². The first kappa shape index (κ1) is 16.3. The van der Waals surface area contributed by atoms with E-state index >= 15 is 0 Å². The molecular formula is C16H25N5O. The standard InChI is InChI=1S/C16H25N5O/c1-5-14(16-17-10-12(3)18-16)19-15(22)7-6-8-21-13(4)9-11(2)20-21/h9-10,14H,5-8H2,1-4H3,(H,17,18)(H,19,22)/t14-/m0/s1. The topological polar surface area (TPSA) is 75.6 Å². The molecule has 6 heteroatoms. The average molecular weight is 303 g/mol. The quantitative estimate of drug-likeness (QED) is 0.825. The van der Waals surface area contributed by atoms with Gasteiger partial charge in [-0.3, -0.25) is 9.48 Å². The van der Waals surface area contributed by atoms with Crippen LogP contribution in [0.25, 0.3) is 0 Å². The number of rotatable bonds is 7. The number of imidazole rings is 1. The molecule has 0 aliphatic rings. The molecule has 2 rings (SSSR count). The lowest BCUT2D eigenvalue weighted by Gasteiger charge is -2.14. The second kappa shape index (κ2) is 7.24. The van der Waals surface area contributed by atoms with E-state index in [0.29, 0.717) is 6.42 Å². The fraction of sp³-hybridized carbons (Fsp3) is 0.562. The van der Waals surface area contributed by atoms with Gasteiger partial charge in [0.2, 0.25) is 5.91 Å². The van der Waals surface area contributed by atoms with Crippen molar-refractivity contribution in [3.05, 3.63) is 35.2 Å². The highest BCUT2D eigenvalue weighted by Gasteiger charge is 2.15. The number of amides is 1. The van der Waals surface area contributed by atoms with Crippen LogP contribution in [0.5, 0.6) is 0 Å². The predicted molar refractivity (Wildman–Crippen MR) is 85.4 cm³/mol. The molecule has 0 bridgehead atoms. The largest absolute Gasteiger partial charge is 0.346 e. The summed E-state index contributed by atoms with van der Waals surface area (Å²) in [5, 5.41) is 7.44. The maximum atomic E-state index is 12.1. The summed E-state index contributed by atoms with van der Waals surface area (Å²) >= 11 is 0. The summed E-state index contributed by atoms with van der Waals surface area (Å²) in [6, 6.07) is 2.00. The second-order valence-electron chi connectivity index (χ2n) is 5.73. The Balaban J connectivity index is 1.80. The van der Waals surface area contributed by atoms with Crippen LogP contribution < -0.4 is 5.32 Å². The molecule has 120 valence electrons. The Morgan fingerprint density at radius 2 is 2.18 bits per heavy atom. The molecule has 0 unspecified atom stereocenters. The van der Waals surface area contributed by atoms with Gasteiger partial charge >= 0.3 is 0 Å². The Labute approximate surface area is 131 Å². The number of aromatic amines is 1. The molecule has 22 heavy (non-hydrogen) atoms.